The van der Waals surface area contributed by atoms with E-state index in [2.05, 4.69) is 9.97 Å². The molecule has 2 heterocycles. The van der Waals surface area contributed by atoms with Gasteiger partial charge in [-0.2, -0.15) is 0 Å². The average Bonchev–Trinajstić information content (AvgIpc) is 3.16. The molecule has 0 saturated heterocycles. The van der Waals surface area contributed by atoms with Gasteiger partial charge in [0, 0.05) is 34.3 Å². The van der Waals surface area contributed by atoms with Crippen LogP contribution < -0.4 is 4.74 Å². The van der Waals surface area contributed by atoms with Gasteiger partial charge in [-0.1, -0.05) is 30.3 Å². The Morgan fingerprint density at radius 2 is 1.75 bits per heavy atom. The number of hydrogen-bond acceptors (Lipinski definition) is 3. The van der Waals surface area contributed by atoms with Crippen LogP contribution >= 0.6 is 0 Å². The second kappa shape index (κ2) is 5.70. The summed E-state index contributed by atoms with van der Waals surface area (Å²) in [5.41, 5.74) is 3.36. The van der Waals surface area contributed by atoms with E-state index in [0.717, 1.165) is 27.8 Å². The topological polar surface area (TPSA) is 81.3 Å². The van der Waals surface area contributed by atoms with E-state index in [1.54, 1.807) is 6.20 Å². The zero-order valence-electron chi connectivity index (χ0n) is 12.8. The van der Waals surface area contributed by atoms with Gasteiger partial charge in [-0.15, -0.1) is 0 Å². The Balaban J connectivity index is 1.67. The van der Waals surface area contributed by atoms with Crippen LogP contribution in [-0.4, -0.2) is 20.2 Å². The predicted octanol–water partition coefficient (Wildman–Crippen LogP) is 4.15. The van der Waals surface area contributed by atoms with Crippen molar-refractivity contribution in [2.24, 2.45) is 0 Å². The molecule has 120 valence electrons. The molecule has 0 amide bonds. The first-order chi connectivity index (χ1) is 11.7. The van der Waals surface area contributed by atoms with Gasteiger partial charge in [0.05, 0.1) is 0 Å². The molecule has 4 N–H and O–H groups in total. The molecule has 0 radical (unpaired) electrons. The highest BCUT2D eigenvalue weighted by atomic mass is 16.5. The number of H-pyrrole nitrogens is 2. The standard InChI is InChI=1S/C19H16N2O3/c22-18-9-15(19(23)21-18)16-10-20-17-7-6-13(8-14(16)17)24-11-12-4-2-1-3-5-12/h1-10,20-23H,11H2. The maximum absolute atomic E-state index is 9.92. The first kappa shape index (κ1) is 14.3. The second-order valence-corrected chi connectivity index (χ2v) is 5.60. The smallest absolute Gasteiger partial charge is 0.199 e. The molecule has 5 nitrogen and oxygen atoms in total. The maximum atomic E-state index is 9.92. The van der Waals surface area contributed by atoms with Crippen molar-refractivity contribution < 1.29 is 14.9 Å². The summed E-state index contributed by atoms with van der Waals surface area (Å²) in [6.07, 6.45) is 1.80. The predicted molar refractivity (Wildman–Crippen MR) is 92.2 cm³/mol. The minimum atomic E-state index is -0.0756. The van der Waals surface area contributed by atoms with E-state index in [1.807, 2.05) is 48.5 Å². The Labute approximate surface area is 138 Å². The number of rotatable bonds is 4. The van der Waals surface area contributed by atoms with Crippen LogP contribution in [0.1, 0.15) is 5.56 Å². The minimum Gasteiger partial charge on any atom is -0.494 e. The van der Waals surface area contributed by atoms with Crippen LogP contribution in [0.25, 0.3) is 22.0 Å². The number of benzene rings is 2. The molecule has 0 fully saturated rings. The Morgan fingerprint density at radius 3 is 2.50 bits per heavy atom. The molecule has 4 rings (SSSR count). The van der Waals surface area contributed by atoms with E-state index < -0.39 is 0 Å². The zero-order valence-corrected chi connectivity index (χ0v) is 12.8. The van der Waals surface area contributed by atoms with Gasteiger partial charge in [0.1, 0.15) is 12.4 Å². The summed E-state index contributed by atoms with van der Waals surface area (Å²) in [6, 6.07) is 17.2. The Bertz CT molecular complexity index is 986. The molecule has 4 aromatic rings. The molecule has 0 aliphatic rings. The Morgan fingerprint density at radius 1 is 0.917 bits per heavy atom. The van der Waals surface area contributed by atoms with Gasteiger partial charge >= 0.3 is 0 Å². The van der Waals surface area contributed by atoms with Gasteiger partial charge in [0.25, 0.3) is 0 Å². The second-order valence-electron chi connectivity index (χ2n) is 5.60. The van der Waals surface area contributed by atoms with Crippen molar-refractivity contribution in [3.05, 3.63) is 66.4 Å². The lowest BCUT2D eigenvalue weighted by atomic mass is 10.1. The lowest BCUT2D eigenvalue weighted by Gasteiger charge is -2.07. The summed E-state index contributed by atoms with van der Waals surface area (Å²) in [5.74, 6) is 0.601. The third kappa shape index (κ3) is 2.56. The van der Waals surface area contributed by atoms with Crippen molar-refractivity contribution in [3.8, 4) is 28.6 Å². The summed E-state index contributed by atoms with van der Waals surface area (Å²) < 4.78 is 5.86. The molecule has 24 heavy (non-hydrogen) atoms. The monoisotopic (exact) mass is 320 g/mol. The van der Waals surface area contributed by atoms with Crippen LogP contribution in [-0.2, 0) is 6.61 Å². The van der Waals surface area contributed by atoms with E-state index in [4.69, 9.17) is 4.74 Å². The molecular weight excluding hydrogens is 304 g/mol. The molecular formula is C19H16N2O3. The van der Waals surface area contributed by atoms with Crippen LogP contribution in [0.15, 0.2) is 60.8 Å². The molecule has 0 unspecified atom stereocenters. The summed E-state index contributed by atoms with van der Waals surface area (Å²) >= 11 is 0. The van der Waals surface area contributed by atoms with Crippen LogP contribution in [0, 0.1) is 0 Å². The molecule has 5 heteroatoms. The maximum Gasteiger partial charge on any atom is 0.199 e. The van der Waals surface area contributed by atoms with Crippen LogP contribution in [0.3, 0.4) is 0 Å². The molecule has 0 atom stereocenters. The summed E-state index contributed by atoms with van der Waals surface area (Å²) in [6.45, 7) is 0.488. The number of nitrogens with one attached hydrogen (secondary N) is 2. The largest absolute Gasteiger partial charge is 0.494 e. The Hall–Kier alpha value is -3.34. The molecule has 0 bridgehead atoms. The normalized spacial score (nSPS) is 11.0. The van der Waals surface area contributed by atoms with E-state index in [0.29, 0.717) is 12.2 Å². The van der Waals surface area contributed by atoms with Crippen LogP contribution in [0.5, 0.6) is 17.5 Å². The zero-order chi connectivity index (χ0) is 16.5. The van der Waals surface area contributed by atoms with Gasteiger partial charge in [-0.25, -0.2) is 0 Å². The third-order valence-corrected chi connectivity index (χ3v) is 3.97. The van der Waals surface area contributed by atoms with Crippen molar-refractivity contribution in [2.75, 3.05) is 0 Å². The van der Waals surface area contributed by atoms with Crippen molar-refractivity contribution in [1.29, 1.82) is 0 Å². The van der Waals surface area contributed by atoms with Crippen molar-refractivity contribution in [1.82, 2.24) is 9.97 Å². The van der Waals surface area contributed by atoms with Gasteiger partial charge in [-0.05, 0) is 23.8 Å². The lowest BCUT2D eigenvalue weighted by Crippen LogP contribution is -1.94. The van der Waals surface area contributed by atoms with Gasteiger partial charge in [-0.3, -0.25) is 4.98 Å². The minimum absolute atomic E-state index is 0.0657. The fourth-order valence-electron chi connectivity index (χ4n) is 2.79. The summed E-state index contributed by atoms with van der Waals surface area (Å²) in [7, 11) is 0. The number of fused-ring (bicyclic) bond motifs is 1. The van der Waals surface area contributed by atoms with Gasteiger partial charge in [0.15, 0.2) is 11.8 Å². The molecule has 0 spiro atoms. The van der Waals surface area contributed by atoms with Crippen LogP contribution in [0.2, 0.25) is 0 Å². The molecule has 0 saturated carbocycles. The number of aromatic nitrogens is 2. The number of hydrogen-bond donors (Lipinski definition) is 4. The van der Waals surface area contributed by atoms with Crippen molar-refractivity contribution in [3.63, 3.8) is 0 Å². The molecule has 2 aromatic heterocycles. The number of aromatic amines is 2. The Kier molecular flexibility index (Phi) is 3.39. The van der Waals surface area contributed by atoms with E-state index in [9.17, 15) is 10.2 Å². The first-order valence-electron chi connectivity index (χ1n) is 7.60. The summed E-state index contributed by atoms with van der Waals surface area (Å²) in [5, 5.41) is 20.4. The number of aromatic hydroxyl groups is 2. The van der Waals surface area contributed by atoms with Gasteiger partial charge in [0.2, 0.25) is 0 Å². The molecule has 0 aliphatic heterocycles. The van der Waals surface area contributed by atoms with E-state index >= 15 is 0 Å². The fourth-order valence-corrected chi connectivity index (χ4v) is 2.79. The highest BCUT2D eigenvalue weighted by Gasteiger charge is 2.14. The lowest BCUT2D eigenvalue weighted by molar-refractivity contribution is 0.306. The first-order valence-corrected chi connectivity index (χ1v) is 7.60. The van der Waals surface area contributed by atoms with Crippen molar-refractivity contribution >= 4 is 10.9 Å². The van der Waals surface area contributed by atoms with E-state index in [-0.39, 0.29) is 11.8 Å². The SMILES string of the molecule is Oc1cc(-c2c[nH]c3ccc(OCc4ccccc4)cc23)c(O)[nH]1. The summed E-state index contributed by atoms with van der Waals surface area (Å²) in [4.78, 5) is 5.65. The number of ether oxygens (including phenoxy) is 1. The van der Waals surface area contributed by atoms with Crippen molar-refractivity contribution in [2.45, 2.75) is 6.61 Å². The van der Waals surface area contributed by atoms with Crippen LogP contribution in [0.4, 0.5) is 0 Å². The quantitative estimate of drug-likeness (QED) is 0.456. The van der Waals surface area contributed by atoms with E-state index in [1.165, 1.54) is 6.07 Å². The highest BCUT2D eigenvalue weighted by Crippen LogP contribution is 2.37. The molecule has 2 aromatic carbocycles. The fraction of sp³-hybridized carbons (Fsp3) is 0.0526. The highest BCUT2D eigenvalue weighted by molar-refractivity contribution is 5.97. The molecule has 0 aliphatic carbocycles. The van der Waals surface area contributed by atoms with Gasteiger partial charge < -0.3 is 19.9 Å². The average molecular weight is 320 g/mol. The third-order valence-electron chi connectivity index (χ3n) is 3.97.